The molecule has 0 aliphatic heterocycles. The van der Waals surface area contributed by atoms with Crippen LogP contribution >= 0.6 is 0 Å². The van der Waals surface area contributed by atoms with Crippen LogP contribution in [0.25, 0.3) is 0 Å². The first-order valence-corrected chi connectivity index (χ1v) is 5.48. The summed E-state index contributed by atoms with van der Waals surface area (Å²) in [6.45, 7) is 2.11. The summed E-state index contributed by atoms with van der Waals surface area (Å²) in [6.07, 6.45) is 3.82. The van der Waals surface area contributed by atoms with Crippen molar-refractivity contribution in [3.63, 3.8) is 0 Å². The van der Waals surface area contributed by atoms with E-state index in [0.717, 1.165) is 0 Å². The van der Waals surface area contributed by atoms with E-state index in [-0.39, 0.29) is 5.82 Å². The van der Waals surface area contributed by atoms with E-state index in [9.17, 15) is 4.39 Å². The Hall–Kier alpha value is -1.25. The highest BCUT2D eigenvalue weighted by Gasteiger charge is 2.24. The molecule has 3 heteroatoms. The lowest BCUT2D eigenvalue weighted by Gasteiger charge is -2.32. The molecule has 2 rings (SSSR count). The minimum atomic E-state index is -0.263. The first-order valence-electron chi connectivity index (χ1n) is 5.48. The van der Waals surface area contributed by atoms with Gasteiger partial charge in [-0.1, -0.05) is 6.42 Å². The maximum Gasteiger partial charge on any atom is 0.148 e. The van der Waals surface area contributed by atoms with Crippen LogP contribution in [-0.4, -0.2) is 6.04 Å². The summed E-state index contributed by atoms with van der Waals surface area (Å²) in [4.78, 5) is 0. The van der Waals surface area contributed by atoms with Crippen molar-refractivity contribution < 1.29 is 4.39 Å². The van der Waals surface area contributed by atoms with Crippen molar-refractivity contribution in [2.45, 2.75) is 32.2 Å². The molecule has 1 aromatic carbocycles. The number of halogens is 1. The van der Waals surface area contributed by atoms with E-state index >= 15 is 0 Å². The molecular formula is C12H17FN2. The summed E-state index contributed by atoms with van der Waals surface area (Å²) in [6, 6.07) is 5.13. The van der Waals surface area contributed by atoms with Gasteiger partial charge in [-0.15, -0.1) is 0 Å². The van der Waals surface area contributed by atoms with Gasteiger partial charge in [0.25, 0.3) is 0 Å². The number of hydrogen-bond acceptors (Lipinski definition) is 2. The molecule has 1 unspecified atom stereocenters. The molecule has 0 saturated heterocycles. The van der Waals surface area contributed by atoms with E-state index in [1.807, 2.05) is 0 Å². The van der Waals surface area contributed by atoms with Gasteiger partial charge in [0.1, 0.15) is 5.82 Å². The van der Waals surface area contributed by atoms with E-state index in [2.05, 4.69) is 12.2 Å². The Labute approximate surface area is 89.7 Å². The Kier molecular flexibility index (Phi) is 2.80. The predicted octanol–water partition coefficient (Wildman–Crippen LogP) is 3.01. The van der Waals surface area contributed by atoms with Gasteiger partial charge in [-0.05, 0) is 43.9 Å². The van der Waals surface area contributed by atoms with Gasteiger partial charge >= 0.3 is 0 Å². The van der Waals surface area contributed by atoms with Gasteiger partial charge in [-0.3, -0.25) is 0 Å². The topological polar surface area (TPSA) is 38.0 Å². The monoisotopic (exact) mass is 208 g/mol. The number of rotatable bonds is 3. The molecule has 3 N–H and O–H groups in total. The third-order valence-corrected chi connectivity index (χ3v) is 3.23. The quantitative estimate of drug-likeness (QED) is 0.749. The zero-order valence-electron chi connectivity index (χ0n) is 8.96. The Morgan fingerprint density at radius 2 is 2.20 bits per heavy atom. The molecule has 0 amide bonds. The Morgan fingerprint density at radius 3 is 2.73 bits per heavy atom. The number of nitrogen functional groups attached to an aromatic ring is 1. The van der Waals surface area contributed by atoms with Crippen LogP contribution in [0.4, 0.5) is 15.8 Å². The molecule has 2 nitrogen and oxygen atoms in total. The molecule has 1 aromatic rings. The van der Waals surface area contributed by atoms with E-state index in [4.69, 9.17) is 5.73 Å². The zero-order chi connectivity index (χ0) is 10.8. The fourth-order valence-electron chi connectivity index (χ4n) is 1.95. The third kappa shape index (κ3) is 2.22. The number of hydrogen-bond donors (Lipinski definition) is 2. The normalized spacial score (nSPS) is 18.3. The molecule has 1 atom stereocenters. The molecule has 0 heterocycles. The minimum absolute atomic E-state index is 0.263. The van der Waals surface area contributed by atoms with Gasteiger partial charge < -0.3 is 11.1 Å². The predicted molar refractivity (Wildman–Crippen MR) is 61.2 cm³/mol. The fraction of sp³-hybridized carbons (Fsp3) is 0.500. The fourth-order valence-corrected chi connectivity index (χ4v) is 1.95. The Balaban J connectivity index is 2.03. The molecule has 1 saturated carbocycles. The summed E-state index contributed by atoms with van der Waals surface area (Å²) in [5, 5.41) is 3.21. The minimum Gasteiger partial charge on any atom is -0.399 e. The van der Waals surface area contributed by atoms with Gasteiger partial charge in [0.05, 0.1) is 5.69 Å². The molecule has 1 aliphatic carbocycles. The molecule has 1 fully saturated rings. The van der Waals surface area contributed by atoms with E-state index in [1.54, 1.807) is 12.1 Å². The summed E-state index contributed by atoms with van der Waals surface area (Å²) >= 11 is 0. The van der Waals surface area contributed by atoms with Crippen LogP contribution in [0.15, 0.2) is 18.2 Å². The van der Waals surface area contributed by atoms with E-state index < -0.39 is 0 Å². The van der Waals surface area contributed by atoms with Crippen molar-refractivity contribution in [3.8, 4) is 0 Å². The summed E-state index contributed by atoms with van der Waals surface area (Å²) in [5.74, 6) is 0.433. The smallest absolute Gasteiger partial charge is 0.148 e. The van der Waals surface area contributed by atoms with Crippen LogP contribution in [0.3, 0.4) is 0 Å². The number of benzene rings is 1. The van der Waals surface area contributed by atoms with Crippen molar-refractivity contribution in [2.24, 2.45) is 5.92 Å². The number of nitrogens with one attached hydrogen (secondary N) is 1. The van der Waals surface area contributed by atoms with Crippen LogP contribution in [0, 0.1) is 11.7 Å². The summed E-state index contributed by atoms with van der Waals surface area (Å²) < 4.78 is 13.5. The van der Waals surface area contributed by atoms with Crippen LogP contribution in [0.2, 0.25) is 0 Å². The van der Waals surface area contributed by atoms with Crippen molar-refractivity contribution in [2.75, 3.05) is 11.1 Å². The van der Waals surface area contributed by atoms with Gasteiger partial charge in [0.15, 0.2) is 0 Å². The largest absolute Gasteiger partial charge is 0.399 e. The first-order chi connectivity index (χ1) is 7.16. The van der Waals surface area contributed by atoms with Crippen molar-refractivity contribution in [3.05, 3.63) is 24.0 Å². The van der Waals surface area contributed by atoms with E-state index in [1.165, 1.54) is 25.3 Å². The molecule has 82 valence electrons. The van der Waals surface area contributed by atoms with Gasteiger partial charge in [-0.25, -0.2) is 4.39 Å². The first kappa shape index (κ1) is 10.3. The number of nitrogens with two attached hydrogens (primary N) is 1. The maximum atomic E-state index is 13.5. The van der Waals surface area contributed by atoms with Crippen molar-refractivity contribution >= 4 is 11.4 Å². The molecule has 0 radical (unpaired) electrons. The lowest BCUT2D eigenvalue weighted by molar-refractivity contribution is 0.285. The average Bonchev–Trinajstić information content (AvgIpc) is 2.07. The number of anilines is 2. The summed E-state index contributed by atoms with van der Waals surface area (Å²) in [5.41, 5.74) is 6.51. The van der Waals surface area contributed by atoms with E-state index in [0.29, 0.717) is 23.3 Å². The highest BCUT2D eigenvalue weighted by atomic mass is 19.1. The van der Waals surface area contributed by atoms with Crippen LogP contribution in [-0.2, 0) is 0 Å². The lowest BCUT2D eigenvalue weighted by atomic mass is 9.80. The van der Waals surface area contributed by atoms with Crippen LogP contribution in [0.1, 0.15) is 26.2 Å². The standard InChI is InChI=1S/C12H17FN2/c1-8(9-3-2-4-9)15-12-6-5-10(14)7-11(12)13/h5-9,15H,2-4,14H2,1H3. The molecule has 0 bridgehead atoms. The van der Waals surface area contributed by atoms with Gasteiger partial charge in [-0.2, -0.15) is 0 Å². The molecule has 15 heavy (non-hydrogen) atoms. The third-order valence-electron chi connectivity index (χ3n) is 3.23. The Bertz CT molecular complexity index is 347. The highest BCUT2D eigenvalue weighted by molar-refractivity contribution is 5.53. The molecule has 1 aliphatic rings. The second-order valence-electron chi connectivity index (χ2n) is 4.36. The maximum absolute atomic E-state index is 13.5. The molecule has 0 aromatic heterocycles. The second kappa shape index (κ2) is 4.09. The molecule has 0 spiro atoms. The van der Waals surface area contributed by atoms with Crippen molar-refractivity contribution in [1.29, 1.82) is 0 Å². The Morgan fingerprint density at radius 1 is 1.47 bits per heavy atom. The SMILES string of the molecule is CC(Nc1ccc(N)cc1F)C1CCC1. The van der Waals surface area contributed by atoms with Gasteiger partial charge in [0.2, 0.25) is 0 Å². The lowest BCUT2D eigenvalue weighted by Crippen LogP contribution is -2.31. The average molecular weight is 208 g/mol. The zero-order valence-corrected chi connectivity index (χ0v) is 8.96. The van der Waals surface area contributed by atoms with Crippen LogP contribution < -0.4 is 11.1 Å². The van der Waals surface area contributed by atoms with Gasteiger partial charge in [0, 0.05) is 11.7 Å². The summed E-state index contributed by atoms with van der Waals surface area (Å²) in [7, 11) is 0. The second-order valence-corrected chi connectivity index (χ2v) is 4.36. The molecular weight excluding hydrogens is 191 g/mol. The van der Waals surface area contributed by atoms with Crippen molar-refractivity contribution in [1.82, 2.24) is 0 Å². The van der Waals surface area contributed by atoms with Crippen LogP contribution in [0.5, 0.6) is 0 Å². The highest BCUT2D eigenvalue weighted by Crippen LogP contribution is 2.31.